The van der Waals surface area contributed by atoms with E-state index < -0.39 is 5.54 Å². The molecule has 0 spiro atoms. The largest absolute Gasteiger partial charge is 0.394 e. The molecule has 1 saturated carbocycles. The zero-order chi connectivity index (χ0) is 12.3. The van der Waals surface area contributed by atoms with Crippen molar-refractivity contribution in [2.75, 3.05) is 6.61 Å². The fourth-order valence-corrected chi connectivity index (χ4v) is 2.27. The van der Waals surface area contributed by atoms with Crippen molar-refractivity contribution in [3.63, 3.8) is 0 Å². The number of hydrogen-bond acceptors (Lipinski definition) is 4. The van der Waals surface area contributed by atoms with Gasteiger partial charge < -0.3 is 14.9 Å². The van der Waals surface area contributed by atoms with E-state index in [4.69, 9.17) is 4.52 Å². The predicted molar refractivity (Wildman–Crippen MR) is 61.4 cm³/mol. The van der Waals surface area contributed by atoms with Gasteiger partial charge >= 0.3 is 0 Å². The number of carbonyl (C=O) groups is 1. The molecule has 1 aromatic heterocycles. The number of hydrogen-bond donors (Lipinski definition) is 2. The topological polar surface area (TPSA) is 75.4 Å². The van der Waals surface area contributed by atoms with Crippen molar-refractivity contribution >= 4 is 5.91 Å². The molecule has 0 saturated heterocycles. The van der Waals surface area contributed by atoms with Crippen LogP contribution in [0.4, 0.5) is 0 Å². The molecule has 1 aliphatic carbocycles. The van der Waals surface area contributed by atoms with Crippen molar-refractivity contribution in [3.8, 4) is 0 Å². The van der Waals surface area contributed by atoms with E-state index in [2.05, 4.69) is 17.4 Å². The van der Waals surface area contributed by atoms with Gasteiger partial charge in [0.1, 0.15) is 0 Å². The van der Waals surface area contributed by atoms with Gasteiger partial charge in [-0.1, -0.05) is 12.1 Å². The SMILES string of the molecule is CC1CCC(CO)(NC(=O)c2ccno2)CC1. The lowest BCUT2D eigenvalue weighted by molar-refractivity contribution is 0.0686. The summed E-state index contributed by atoms with van der Waals surface area (Å²) in [6.45, 7) is 2.17. The average molecular weight is 238 g/mol. The predicted octanol–water partition coefficient (Wildman–Crippen LogP) is 1.35. The molecular weight excluding hydrogens is 220 g/mol. The van der Waals surface area contributed by atoms with Gasteiger partial charge in [-0.25, -0.2) is 0 Å². The Morgan fingerprint density at radius 1 is 1.65 bits per heavy atom. The summed E-state index contributed by atoms with van der Waals surface area (Å²) >= 11 is 0. The molecule has 1 aromatic rings. The van der Waals surface area contributed by atoms with E-state index >= 15 is 0 Å². The van der Waals surface area contributed by atoms with E-state index in [1.54, 1.807) is 0 Å². The lowest BCUT2D eigenvalue weighted by atomic mass is 9.77. The lowest BCUT2D eigenvalue weighted by Gasteiger charge is -2.38. The van der Waals surface area contributed by atoms with Crippen molar-refractivity contribution in [1.82, 2.24) is 10.5 Å². The van der Waals surface area contributed by atoms with Crippen LogP contribution < -0.4 is 5.32 Å². The second-order valence-electron chi connectivity index (χ2n) is 4.95. The van der Waals surface area contributed by atoms with Crippen molar-refractivity contribution in [1.29, 1.82) is 0 Å². The minimum Gasteiger partial charge on any atom is -0.394 e. The standard InChI is InChI=1S/C12H18N2O3/c1-9-2-5-12(8-15,6-3-9)14-11(16)10-4-7-13-17-10/h4,7,9,15H,2-3,5-6,8H2,1H3,(H,14,16). The van der Waals surface area contributed by atoms with E-state index in [-0.39, 0.29) is 18.3 Å². The molecule has 2 N–H and O–H groups in total. The first kappa shape index (κ1) is 12.1. The van der Waals surface area contributed by atoms with Crippen molar-refractivity contribution in [2.24, 2.45) is 5.92 Å². The Bertz CT molecular complexity index is 367. The molecular formula is C12H18N2O3. The Balaban J connectivity index is 2.02. The molecule has 5 nitrogen and oxygen atoms in total. The van der Waals surface area contributed by atoms with Crippen LogP contribution in [0.5, 0.6) is 0 Å². The molecule has 0 unspecified atom stereocenters. The third kappa shape index (κ3) is 2.66. The molecule has 0 aromatic carbocycles. The van der Waals surface area contributed by atoms with E-state index in [0.29, 0.717) is 5.92 Å². The van der Waals surface area contributed by atoms with E-state index in [1.165, 1.54) is 12.3 Å². The fourth-order valence-electron chi connectivity index (χ4n) is 2.27. The maximum Gasteiger partial charge on any atom is 0.290 e. The molecule has 0 atom stereocenters. The minimum absolute atomic E-state index is 0.0282. The summed E-state index contributed by atoms with van der Waals surface area (Å²) in [5.41, 5.74) is -0.490. The molecule has 0 radical (unpaired) electrons. The second-order valence-corrected chi connectivity index (χ2v) is 4.95. The average Bonchev–Trinajstić information content (AvgIpc) is 2.86. The third-order valence-electron chi connectivity index (χ3n) is 3.57. The number of aliphatic hydroxyl groups excluding tert-OH is 1. The van der Waals surface area contributed by atoms with Crippen LogP contribution in [0.2, 0.25) is 0 Å². The molecule has 94 valence electrons. The van der Waals surface area contributed by atoms with Crippen LogP contribution in [0, 0.1) is 5.92 Å². The first-order chi connectivity index (χ1) is 8.15. The molecule has 0 bridgehead atoms. The lowest BCUT2D eigenvalue weighted by Crippen LogP contribution is -2.53. The Kier molecular flexibility index (Phi) is 3.47. The van der Waals surface area contributed by atoms with Gasteiger partial charge in [0.05, 0.1) is 18.3 Å². The van der Waals surface area contributed by atoms with Gasteiger partial charge in [-0.2, -0.15) is 0 Å². The van der Waals surface area contributed by atoms with Crippen LogP contribution in [-0.2, 0) is 0 Å². The van der Waals surface area contributed by atoms with E-state index in [9.17, 15) is 9.90 Å². The number of aromatic nitrogens is 1. The minimum atomic E-state index is -0.490. The maximum absolute atomic E-state index is 11.9. The molecule has 1 heterocycles. The van der Waals surface area contributed by atoms with Crippen molar-refractivity contribution in [3.05, 3.63) is 18.0 Å². The van der Waals surface area contributed by atoms with Crippen LogP contribution in [0.15, 0.2) is 16.8 Å². The van der Waals surface area contributed by atoms with Gasteiger partial charge in [0.2, 0.25) is 5.76 Å². The Morgan fingerprint density at radius 3 is 2.88 bits per heavy atom. The highest BCUT2D eigenvalue weighted by Crippen LogP contribution is 2.31. The smallest absolute Gasteiger partial charge is 0.290 e. The molecule has 1 amide bonds. The van der Waals surface area contributed by atoms with Crippen molar-refractivity contribution < 1.29 is 14.4 Å². The zero-order valence-electron chi connectivity index (χ0n) is 9.98. The molecule has 0 aliphatic heterocycles. The summed E-state index contributed by atoms with van der Waals surface area (Å²) < 4.78 is 4.80. The third-order valence-corrected chi connectivity index (χ3v) is 3.57. The van der Waals surface area contributed by atoms with Gasteiger partial charge in [0, 0.05) is 6.07 Å². The summed E-state index contributed by atoms with van der Waals surface area (Å²) in [4.78, 5) is 11.9. The van der Waals surface area contributed by atoms with Crippen molar-refractivity contribution in [2.45, 2.75) is 38.1 Å². The normalized spacial score (nSPS) is 28.9. The number of rotatable bonds is 3. The monoisotopic (exact) mass is 238 g/mol. The molecule has 17 heavy (non-hydrogen) atoms. The highest BCUT2D eigenvalue weighted by molar-refractivity contribution is 5.91. The van der Waals surface area contributed by atoms with Crippen LogP contribution >= 0.6 is 0 Å². The summed E-state index contributed by atoms with van der Waals surface area (Å²) in [5, 5.41) is 15.9. The Labute approximate surface area is 100 Å². The quantitative estimate of drug-likeness (QED) is 0.833. The van der Waals surface area contributed by atoms with Gasteiger partial charge in [-0.3, -0.25) is 4.79 Å². The summed E-state index contributed by atoms with van der Waals surface area (Å²) in [6, 6.07) is 1.52. The molecule has 1 fully saturated rings. The molecule has 1 aliphatic rings. The van der Waals surface area contributed by atoms with Crippen LogP contribution in [-0.4, -0.2) is 28.3 Å². The maximum atomic E-state index is 11.9. The van der Waals surface area contributed by atoms with Gasteiger partial charge in [0.15, 0.2) is 0 Å². The molecule has 2 rings (SSSR count). The van der Waals surface area contributed by atoms with E-state index in [1.807, 2.05) is 0 Å². The summed E-state index contributed by atoms with van der Waals surface area (Å²) in [6.07, 6.45) is 5.10. The number of aliphatic hydroxyl groups is 1. The highest BCUT2D eigenvalue weighted by atomic mass is 16.5. The number of nitrogens with one attached hydrogen (secondary N) is 1. The number of carbonyl (C=O) groups excluding carboxylic acids is 1. The summed E-state index contributed by atoms with van der Waals surface area (Å²) in [5.74, 6) is 0.555. The van der Waals surface area contributed by atoms with Gasteiger partial charge in [0.25, 0.3) is 5.91 Å². The van der Waals surface area contributed by atoms with E-state index in [0.717, 1.165) is 25.7 Å². The van der Waals surface area contributed by atoms with Gasteiger partial charge in [-0.15, -0.1) is 0 Å². The second kappa shape index (κ2) is 4.87. The molecule has 5 heteroatoms. The first-order valence-corrected chi connectivity index (χ1v) is 5.99. The first-order valence-electron chi connectivity index (χ1n) is 5.99. The van der Waals surface area contributed by atoms with Gasteiger partial charge in [-0.05, 0) is 31.6 Å². The Morgan fingerprint density at radius 2 is 2.35 bits per heavy atom. The zero-order valence-corrected chi connectivity index (χ0v) is 9.98. The van der Waals surface area contributed by atoms with Crippen LogP contribution in [0.3, 0.4) is 0 Å². The number of nitrogens with zero attached hydrogens (tertiary/aromatic N) is 1. The fraction of sp³-hybridized carbons (Fsp3) is 0.667. The Hall–Kier alpha value is -1.36. The van der Waals surface area contributed by atoms with Crippen LogP contribution in [0.25, 0.3) is 0 Å². The highest BCUT2D eigenvalue weighted by Gasteiger charge is 2.35. The number of amides is 1. The van der Waals surface area contributed by atoms with Crippen LogP contribution in [0.1, 0.15) is 43.2 Å². The summed E-state index contributed by atoms with van der Waals surface area (Å²) in [7, 11) is 0.